The highest BCUT2D eigenvalue weighted by Crippen LogP contribution is 2.32. The van der Waals surface area contributed by atoms with E-state index in [9.17, 15) is 14.4 Å². The van der Waals surface area contributed by atoms with Crippen LogP contribution in [0.4, 0.5) is 5.69 Å². The summed E-state index contributed by atoms with van der Waals surface area (Å²) >= 11 is 0. The first-order chi connectivity index (χ1) is 13.0. The molecule has 4 rings (SSSR count). The minimum Gasteiger partial charge on any atom is -0.309 e. The van der Waals surface area contributed by atoms with E-state index in [0.717, 1.165) is 17.7 Å². The zero-order valence-electron chi connectivity index (χ0n) is 15.6. The fraction of sp³-hybridized carbons (Fsp3) is 0.318. The molecule has 0 aromatic heterocycles. The number of rotatable bonds is 4. The first-order valence-corrected chi connectivity index (χ1v) is 9.34. The van der Waals surface area contributed by atoms with Gasteiger partial charge in [0, 0.05) is 24.7 Å². The lowest BCUT2D eigenvalue weighted by molar-refractivity contribution is -0.119. The largest absolute Gasteiger partial charge is 0.309 e. The van der Waals surface area contributed by atoms with Crippen molar-refractivity contribution < 1.29 is 14.4 Å². The number of imide groups is 1. The van der Waals surface area contributed by atoms with Crippen molar-refractivity contribution in [3.05, 3.63) is 64.7 Å². The fourth-order valence-electron chi connectivity index (χ4n) is 4.06. The van der Waals surface area contributed by atoms with Gasteiger partial charge in [-0.25, -0.2) is 0 Å². The first-order valence-electron chi connectivity index (χ1n) is 9.34. The molecule has 1 atom stereocenters. The smallest absolute Gasteiger partial charge is 0.261 e. The number of para-hydroxylation sites is 1. The SMILES string of the molecule is Cc1ccc2c(c1)C(=O)N(CCCC(=O)N1c3ccccc3C[C@@H]1C)C2=O. The Bertz CT molecular complexity index is 950. The maximum Gasteiger partial charge on any atom is 0.261 e. The maximum atomic E-state index is 12.8. The third kappa shape index (κ3) is 2.93. The van der Waals surface area contributed by atoms with Crippen molar-refractivity contribution in [3.8, 4) is 0 Å². The Morgan fingerprint density at radius 1 is 1.07 bits per heavy atom. The van der Waals surface area contributed by atoms with Crippen molar-refractivity contribution >= 4 is 23.4 Å². The maximum absolute atomic E-state index is 12.8. The van der Waals surface area contributed by atoms with Crippen molar-refractivity contribution in [2.45, 2.75) is 39.2 Å². The molecule has 0 bridgehead atoms. The van der Waals surface area contributed by atoms with Gasteiger partial charge in [0.05, 0.1) is 11.1 Å². The summed E-state index contributed by atoms with van der Waals surface area (Å²) < 4.78 is 0. The molecule has 0 saturated heterocycles. The van der Waals surface area contributed by atoms with Crippen molar-refractivity contribution in [3.63, 3.8) is 0 Å². The van der Waals surface area contributed by atoms with Gasteiger partial charge in [0.2, 0.25) is 5.91 Å². The Balaban J connectivity index is 1.40. The molecule has 0 unspecified atom stereocenters. The normalized spacial score (nSPS) is 18.1. The number of carbonyl (C=O) groups is 3. The number of benzene rings is 2. The number of hydrogen-bond acceptors (Lipinski definition) is 3. The van der Waals surface area contributed by atoms with Crippen LogP contribution in [0, 0.1) is 6.92 Å². The number of fused-ring (bicyclic) bond motifs is 2. The van der Waals surface area contributed by atoms with Gasteiger partial charge in [0.25, 0.3) is 11.8 Å². The van der Waals surface area contributed by atoms with E-state index in [-0.39, 0.29) is 30.3 Å². The van der Waals surface area contributed by atoms with Crippen LogP contribution in [0.1, 0.15) is 51.6 Å². The van der Waals surface area contributed by atoms with Gasteiger partial charge in [-0.15, -0.1) is 0 Å². The van der Waals surface area contributed by atoms with Crippen molar-refractivity contribution in [1.82, 2.24) is 4.90 Å². The van der Waals surface area contributed by atoms with E-state index in [0.29, 0.717) is 24.0 Å². The van der Waals surface area contributed by atoms with Crippen LogP contribution in [-0.4, -0.2) is 35.2 Å². The summed E-state index contributed by atoms with van der Waals surface area (Å²) in [6, 6.07) is 13.4. The summed E-state index contributed by atoms with van der Waals surface area (Å²) in [4.78, 5) is 40.9. The van der Waals surface area contributed by atoms with Gasteiger partial charge in [-0.1, -0.05) is 29.8 Å². The number of anilines is 1. The summed E-state index contributed by atoms with van der Waals surface area (Å²) in [7, 11) is 0. The molecule has 2 heterocycles. The molecule has 0 saturated carbocycles. The summed E-state index contributed by atoms with van der Waals surface area (Å²) in [5.41, 5.74) is 4.04. The first kappa shape index (κ1) is 17.5. The van der Waals surface area contributed by atoms with Crippen molar-refractivity contribution in [2.24, 2.45) is 0 Å². The third-order valence-electron chi connectivity index (χ3n) is 5.37. The van der Waals surface area contributed by atoms with Crippen LogP contribution in [-0.2, 0) is 11.2 Å². The average molecular weight is 362 g/mol. The van der Waals surface area contributed by atoms with E-state index in [2.05, 4.69) is 6.07 Å². The monoisotopic (exact) mass is 362 g/mol. The lowest BCUT2D eigenvalue weighted by Gasteiger charge is -2.23. The van der Waals surface area contributed by atoms with Gasteiger partial charge in [-0.3, -0.25) is 19.3 Å². The number of nitrogens with zero attached hydrogens (tertiary/aromatic N) is 2. The topological polar surface area (TPSA) is 57.7 Å². The van der Waals surface area contributed by atoms with Gasteiger partial charge in [-0.05, 0) is 50.5 Å². The number of aryl methyl sites for hydroxylation is 1. The van der Waals surface area contributed by atoms with Crippen molar-refractivity contribution in [2.75, 3.05) is 11.4 Å². The molecule has 0 spiro atoms. The predicted octanol–water partition coefficient (Wildman–Crippen LogP) is 3.35. The Kier molecular flexibility index (Phi) is 4.30. The van der Waals surface area contributed by atoms with Gasteiger partial charge in [0.15, 0.2) is 0 Å². The van der Waals surface area contributed by atoms with Crippen LogP contribution >= 0.6 is 0 Å². The number of carbonyl (C=O) groups excluding carboxylic acids is 3. The number of amides is 3. The molecular formula is C22H22N2O3. The molecule has 2 aliphatic rings. The molecule has 2 aromatic rings. The quantitative estimate of drug-likeness (QED) is 0.784. The predicted molar refractivity (Wildman–Crippen MR) is 103 cm³/mol. The van der Waals surface area contributed by atoms with E-state index in [1.54, 1.807) is 12.1 Å². The molecule has 5 nitrogen and oxygen atoms in total. The second-order valence-electron chi connectivity index (χ2n) is 7.36. The van der Waals surface area contributed by atoms with Crippen molar-refractivity contribution in [1.29, 1.82) is 0 Å². The minimum absolute atomic E-state index is 0.0416. The zero-order valence-corrected chi connectivity index (χ0v) is 15.6. The van der Waals surface area contributed by atoms with Crippen LogP contribution in [0.5, 0.6) is 0 Å². The van der Waals surface area contributed by atoms with Crippen LogP contribution in [0.2, 0.25) is 0 Å². The fourth-order valence-corrected chi connectivity index (χ4v) is 4.06. The van der Waals surface area contributed by atoms with E-state index >= 15 is 0 Å². The molecule has 27 heavy (non-hydrogen) atoms. The lowest BCUT2D eigenvalue weighted by atomic mass is 10.1. The highest BCUT2D eigenvalue weighted by Gasteiger charge is 2.35. The summed E-state index contributed by atoms with van der Waals surface area (Å²) in [5.74, 6) is -0.478. The van der Waals surface area contributed by atoms with Gasteiger partial charge in [-0.2, -0.15) is 0 Å². The van der Waals surface area contributed by atoms with E-state index in [1.807, 2.05) is 43.0 Å². The molecule has 2 aliphatic heterocycles. The van der Waals surface area contributed by atoms with Crippen LogP contribution in [0.3, 0.4) is 0 Å². The van der Waals surface area contributed by atoms with E-state index in [1.165, 1.54) is 10.5 Å². The van der Waals surface area contributed by atoms with Gasteiger partial charge < -0.3 is 4.90 Å². The average Bonchev–Trinajstić information content (AvgIpc) is 3.10. The Morgan fingerprint density at radius 2 is 1.81 bits per heavy atom. The molecule has 0 N–H and O–H groups in total. The highest BCUT2D eigenvalue weighted by molar-refractivity contribution is 6.21. The highest BCUT2D eigenvalue weighted by atomic mass is 16.2. The minimum atomic E-state index is -0.262. The summed E-state index contributed by atoms with van der Waals surface area (Å²) in [6.07, 6.45) is 1.64. The van der Waals surface area contributed by atoms with Gasteiger partial charge >= 0.3 is 0 Å². The number of hydrogen-bond donors (Lipinski definition) is 0. The van der Waals surface area contributed by atoms with Crippen LogP contribution < -0.4 is 4.90 Å². The molecule has 0 radical (unpaired) electrons. The Morgan fingerprint density at radius 3 is 2.63 bits per heavy atom. The van der Waals surface area contributed by atoms with Crippen LogP contribution in [0.15, 0.2) is 42.5 Å². The molecule has 138 valence electrons. The Hall–Kier alpha value is -2.95. The molecule has 3 amide bonds. The summed E-state index contributed by atoms with van der Waals surface area (Å²) in [5, 5.41) is 0. The standard InChI is InChI=1S/C22H22N2O3/c1-14-9-10-17-18(12-14)22(27)23(21(17)26)11-5-8-20(25)24-15(2)13-16-6-3-4-7-19(16)24/h3-4,6-7,9-10,12,15H,5,8,11,13H2,1-2H3/t15-/m0/s1. The molecule has 0 fully saturated rings. The second kappa shape index (κ2) is 6.65. The lowest BCUT2D eigenvalue weighted by Crippen LogP contribution is -2.36. The molecule has 0 aliphatic carbocycles. The van der Waals surface area contributed by atoms with Gasteiger partial charge in [0.1, 0.15) is 0 Å². The molecule has 2 aromatic carbocycles. The third-order valence-corrected chi connectivity index (χ3v) is 5.37. The molecular weight excluding hydrogens is 340 g/mol. The zero-order chi connectivity index (χ0) is 19.1. The van der Waals surface area contributed by atoms with E-state index < -0.39 is 0 Å². The second-order valence-corrected chi connectivity index (χ2v) is 7.36. The van der Waals surface area contributed by atoms with Crippen LogP contribution in [0.25, 0.3) is 0 Å². The Labute approximate surface area is 158 Å². The molecule has 5 heteroatoms. The van der Waals surface area contributed by atoms with E-state index in [4.69, 9.17) is 0 Å². The summed E-state index contributed by atoms with van der Waals surface area (Å²) in [6.45, 7) is 4.21.